The normalized spacial score (nSPS) is 18.6. The van der Waals surface area contributed by atoms with E-state index in [0.29, 0.717) is 0 Å². The van der Waals surface area contributed by atoms with Crippen molar-refractivity contribution in [2.75, 3.05) is 19.6 Å². The number of carbonyl (C=O) groups excluding carboxylic acids is 1. The first kappa shape index (κ1) is 16.3. The summed E-state index contributed by atoms with van der Waals surface area (Å²) in [5.74, 6) is -0.578. The number of likely N-dealkylation sites (tertiary alicyclic amines) is 1. The van der Waals surface area contributed by atoms with Gasteiger partial charge in [0.2, 0.25) is 5.91 Å². The van der Waals surface area contributed by atoms with Crippen molar-refractivity contribution in [2.24, 2.45) is 11.7 Å². The number of aliphatic hydroxyl groups is 1. The molecule has 5 heteroatoms. The lowest BCUT2D eigenvalue weighted by atomic mass is 9.91. The second-order valence-corrected chi connectivity index (χ2v) is 6.19. The van der Waals surface area contributed by atoms with Crippen LogP contribution in [0.4, 0.5) is 0 Å². The molecule has 0 unspecified atom stereocenters. The van der Waals surface area contributed by atoms with E-state index in [-0.39, 0.29) is 5.92 Å². The predicted octanol–water partition coefficient (Wildman–Crippen LogP) is 1.83. The molecule has 1 atom stereocenters. The molecule has 0 radical (unpaired) electrons. The number of primary amides is 1. The molecule has 1 aromatic carbocycles. The van der Waals surface area contributed by atoms with E-state index in [1.165, 1.54) is 5.56 Å². The van der Waals surface area contributed by atoms with Gasteiger partial charge in [-0.2, -0.15) is 0 Å². The molecule has 1 amide bonds. The largest absolute Gasteiger partial charge is 0.383 e. The fourth-order valence-corrected chi connectivity index (χ4v) is 3.01. The maximum absolute atomic E-state index is 11.0. The molecule has 0 aromatic heterocycles. The van der Waals surface area contributed by atoms with Crippen LogP contribution in [0.15, 0.2) is 24.3 Å². The molecule has 2 rings (SSSR count). The average Bonchev–Trinajstić information content (AvgIpc) is 2.49. The Morgan fingerprint density at radius 3 is 2.52 bits per heavy atom. The van der Waals surface area contributed by atoms with Crippen LogP contribution < -0.4 is 5.73 Å². The number of piperidine rings is 1. The molecule has 1 aliphatic rings. The highest BCUT2D eigenvalue weighted by atomic mass is 35.5. The monoisotopic (exact) mass is 310 g/mol. The average molecular weight is 311 g/mol. The van der Waals surface area contributed by atoms with Gasteiger partial charge in [0.1, 0.15) is 6.10 Å². The summed E-state index contributed by atoms with van der Waals surface area (Å²) in [5, 5.41) is 10.5. The molecule has 1 saturated heterocycles. The van der Waals surface area contributed by atoms with Gasteiger partial charge in [0.15, 0.2) is 0 Å². The quantitative estimate of drug-likeness (QED) is 0.842. The fourth-order valence-electron chi connectivity index (χ4n) is 2.88. The summed E-state index contributed by atoms with van der Waals surface area (Å²) < 4.78 is 0. The van der Waals surface area contributed by atoms with E-state index in [1.54, 1.807) is 0 Å². The Hall–Kier alpha value is -1.10. The smallest absolute Gasteiger partial charge is 0.246 e. The van der Waals surface area contributed by atoms with Crippen molar-refractivity contribution >= 4 is 17.5 Å². The van der Waals surface area contributed by atoms with Gasteiger partial charge in [-0.25, -0.2) is 0 Å². The third-order valence-corrected chi connectivity index (χ3v) is 4.48. The minimum absolute atomic E-state index is 0.0232. The van der Waals surface area contributed by atoms with Crippen LogP contribution in [0.5, 0.6) is 0 Å². The van der Waals surface area contributed by atoms with Crippen molar-refractivity contribution in [3.63, 3.8) is 0 Å². The van der Waals surface area contributed by atoms with Gasteiger partial charge in [-0.3, -0.25) is 4.79 Å². The number of nitrogens with zero attached hydrogens (tertiary/aromatic N) is 1. The van der Waals surface area contributed by atoms with E-state index < -0.39 is 12.0 Å². The first-order valence-corrected chi connectivity index (χ1v) is 7.88. The van der Waals surface area contributed by atoms with E-state index in [9.17, 15) is 9.90 Å². The van der Waals surface area contributed by atoms with E-state index >= 15 is 0 Å². The van der Waals surface area contributed by atoms with Gasteiger partial charge in [-0.1, -0.05) is 23.7 Å². The lowest BCUT2D eigenvalue weighted by molar-refractivity contribution is -0.129. The van der Waals surface area contributed by atoms with E-state index in [4.69, 9.17) is 17.3 Å². The highest BCUT2D eigenvalue weighted by Gasteiger charge is 2.28. The number of nitrogens with two attached hydrogens (primary N) is 1. The van der Waals surface area contributed by atoms with Crippen LogP contribution in [0.25, 0.3) is 0 Å². The Labute approximate surface area is 130 Å². The molecule has 1 heterocycles. The first-order valence-electron chi connectivity index (χ1n) is 7.50. The molecule has 0 spiro atoms. The van der Waals surface area contributed by atoms with Gasteiger partial charge in [-0.05, 0) is 68.9 Å². The van der Waals surface area contributed by atoms with Gasteiger partial charge in [0.05, 0.1) is 0 Å². The number of benzene rings is 1. The number of rotatable bonds is 6. The predicted molar refractivity (Wildman–Crippen MR) is 84.1 cm³/mol. The summed E-state index contributed by atoms with van der Waals surface area (Å²) in [5.41, 5.74) is 6.45. The van der Waals surface area contributed by atoms with Gasteiger partial charge >= 0.3 is 0 Å². The van der Waals surface area contributed by atoms with E-state index in [2.05, 4.69) is 17.0 Å². The number of hydrogen-bond acceptors (Lipinski definition) is 3. The lowest BCUT2D eigenvalue weighted by Gasteiger charge is -2.33. The third kappa shape index (κ3) is 4.99. The Bertz CT molecular complexity index is 456. The van der Waals surface area contributed by atoms with Crippen molar-refractivity contribution in [2.45, 2.75) is 31.8 Å². The summed E-state index contributed by atoms with van der Waals surface area (Å²) >= 11 is 5.87. The van der Waals surface area contributed by atoms with E-state index in [1.807, 2.05) is 12.1 Å². The van der Waals surface area contributed by atoms with Crippen LogP contribution >= 0.6 is 11.6 Å². The maximum atomic E-state index is 11.0. The molecule has 0 bridgehead atoms. The van der Waals surface area contributed by atoms with Crippen LogP contribution in [0.3, 0.4) is 0 Å². The summed E-state index contributed by atoms with van der Waals surface area (Å²) in [6.45, 7) is 2.90. The zero-order chi connectivity index (χ0) is 15.2. The van der Waals surface area contributed by atoms with Crippen molar-refractivity contribution in [1.82, 2.24) is 4.90 Å². The minimum Gasteiger partial charge on any atom is -0.383 e. The summed E-state index contributed by atoms with van der Waals surface area (Å²) in [4.78, 5) is 13.4. The topological polar surface area (TPSA) is 66.6 Å². The molecule has 0 aliphatic carbocycles. The molecular formula is C16H23ClN2O2. The summed E-state index contributed by atoms with van der Waals surface area (Å²) in [6, 6.07) is 7.98. The van der Waals surface area contributed by atoms with Crippen LogP contribution in [0, 0.1) is 5.92 Å². The zero-order valence-electron chi connectivity index (χ0n) is 12.2. The number of carbonyl (C=O) groups is 1. The Morgan fingerprint density at radius 1 is 1.33 bits per heavy atom. The lowest BCUT2D eigenvalue weighted by Crippen LogP contribution is -2.43. The molecule has 116 valence electrons. The fraction of sp³-hybridized carbons (Fsp3) is 0.562. The van der Waals surface area contributed by atoms with Crippen molar-refractivity contribution in [1.29, 1.82) is 0 Å². The maximum Gasteiger partial charge on any atom is 0.246 e. The number of aliphatic hydroxyl groups excluding tert-OH is 1. The van der Waals surface area contributed by atoms with Crippen molar-refractivity contribution < 1.29 is 9.90 Å². The first-order chi connectivity index (χ1) is 10.1. The number of hydrogen-bond donors (Lipinski definition) is 2. The summed E-state index contributed by atoms with van der Waals surface area (Å²) in [7, 11) is 0. The Kier molecular flexibility index (Phi) is 6.03. The zero-order valence-corrected chi connectivity index (χ0v) is 12.9. The van der Waals surface area contributed by atoms with Crippen LogP contribution in [0.2, 0.25) is 5.02 Å². The molecular weight excluding hydrogens is 288 g/mol. The highest BCUT2D eigenvalue weighted by molar-refractivity contribution is 6.30. The second-order valence-electron chi connectivity index (χ2n) is 5.76. The van der Waals surface area contributed by atoms with Crippen LogP contribution in [-0.2, 0) is 11.2 Å². The number of aryl methyl sites for hydroxylation is 1. The molecule has 1 aliphatic heterocycles. The Morgan fingerprint density at radius 2 is 1.95 bits per heavy atom. The Balaban J connectivity index is 1.67. The van der Waals surface area contributed by atoms with Crippen LogP contribution in [0.1, 0.15) is 24.8 Å². The SMILES string of the molecule is NC(=O)[C@@H](O)C1CCN(CCCc2ccc(Cl)cc2)CC1. The van der Waals surface area contributed by atoms with Crippen LogP contribution in [-0.4, -0.2) is 41.7 Å². The van der Waals surface area contributed by atoms with E-state index in [0.717, 1.165) is 50.3 Å². The third-order valence-electron chi connectivity index (χ3n) is 4.22. The highest BCUT2D eigenvalue weighted by Crippen LogP contribution is 2.21. The number of amides is 1. The number of halogens is 1. The van der Waals surface area contributed by atoms with Gasteiger partial charge < -0.3 is 15.7 Å². The molecule has 1 fully saturated rings. The van der Waals surface area contributed by atoms with Gasteiger partial charge in [0, 0.05) is 5.02 Å². The molecule has 0 saturated carbocycles. The molecule has 1 aromatic rings. The van der Waals surface area contributed by atoms with Crippen molar-refractivity contribution in [3.8, 4) is 0 Å². The standard InChI is InChI=1S/C16H23ClN2O2/c17-14-5-3-12(4-6-14)2-1-9-19-10-7-13(8-11-19)15(20)16(18)21/h3-6,13,15,20H,1-2,7-11H2,(H2,18,21)/t15-/m0/s1. The minimum atomic E-state index is -0.985. The summed E-state index contributed by atoms with van der Waals surface area (Å²) in [6.07, 6.45) is 2.84. The molecule has 3 N–H and O–H groups in total. The van der Waals surface area contributed by atoms with Gasteiger partial charge in [0.25, 0.3) is 0 Å². The second kappa shape index (κ2) is 7.78. The van der Waals surface area contributed by atoms with Crippen molar-refractivity contribution in [3.05, 3.63) is 34.9 Å². The van der Waals surface area contributed by atoms with Gasteiger partial charge in [-0.15, -0.1) is 0 Å². The molecule has 4 nitrogen and oxygen atoms in total. The molecule has 21 heavy (non-hydrogen) atoms.